The first-order valence-corrected chi connectivity index (χ1v) is 7.64. The number of fused-ring (bicyclic) bond motifs is 2. The zero-order valence-corrected chi connectivity index (χ0v) is 12.5. The van der Waals surface area contributed by atoms with Gasteiger partial charge < -0.3 is 5.32 Å². The second-order valence-corrected chi connectivity index (χ2v) is 5.57. The molecule has 0 aliphatic carbocycles. The number of hydrogen-bond donors (Lipinski definition) is 1. The van der Waals surface area contributed by atoms with Crippen molar-refractivity contribution in [1.82, 2.24) is 40.1 Å². The number of amides is 1. The lowest BCUT2D eigenvalue weighted by Gasteiger charge is -2.13. The van der Waals surface area contributed by atoms with Crippen LogP contribution >= 0.6 is 0 Å². The molecule has 1 aliphatic rings. The van der Waals surface area contributed by atoms with Gasteiger partial charge in [0, 0.05) is 6.54 Å². The SMILES string of the molecule is O=C(NCc1cccc2ncnn12)C1CCCCn2nnnc21. The summed E-state index contributed by atoms with van der Waals surface area (Å²) >= 11 is 0. The van der Waals surface area contributed by atoms with Gasteiger partial charge in [-0.3, -0.25) is 4.79 Å². The van der Waals surface area contributed by atoms with Crippen LogP contribution in [-0.2, 0) is 17.9 Å². The number of hydrogen-bond acceptors (Lipinski definition) is 6. The molecule has 0 saturated carbocycles. The number of rotatable bonds is 3. The molecular weight excluding hydrogens is 296 g/mol. The minimum Gasteiger partial charge on any atom is -0.350 e. The van der Waals surface area contributed by atoms with E-state index in [9.17, 15) is 4.79 Å². The minimum atomic E-state index is -0.303. The molecule has 0 radical (unpaired) electrons. The highest BCUT2D eigenvalue weighted by Gasteiger charge is 2.28. The molecule has 1 N–H and O–H groups in total. The maximum absolute atomic E-state index is 12.6. The van der Waals surface area contributed by atoms with E-state index in [4.69, 9.17) is 0 Å². The Morgan fingerprint density at radius 3 is 3.26 bits per heavy atom. The van der Waals surface area contributed by atoms with Crippen LogP contribution in [0.3, 0.4) is 0 Å². The number of aromatic nitrogens is 7. The van der Waals surface area contributed by atoms with Crippen LogP contribution in [0.5, 0.6) is 0 Å². The van der Waals surface area contributed by atoms with Crippen molar-refractivity contribution in [2.24, 2.45) is 0 Å². The normalized spacial score (nSPS) is 17.7. The summed E-state index contributed by atoms with van der Waals surface area (Å²) < 4.78 is 3.45. The number of nitrogens with one attached hydrogen (secondary N) is 1. The second-order valence-electron chi connectivity index (χ2n) is 5.57. The van der Waals surface area contributed by atoms with Crippen LogP contribution in [-0.4, -0.2) is 40.7 Å². The smallest absolute Gasteiger partial charge is 0.231 e. The zero-order valence-electron chi connectivity index (χ0n) is 12.5. The number of nitrogens with zero attached hydrogens (tertiary/aromatic N) is 7. The highest BCUT2D eigenvalue weighted by atomic mass is 16.1. The monoisotopic (exact) mass is 312 g/mol. The van der Waals surface area contributed by atoms with Gasteiger partial charge in [-0.15, -0.1) is 5.10 Å². The molecule has 0 saturated heterocycles. The number of carbonyl (C=O) groups excluding carboxylic acids is 1. The van der Waals surface area contributed by atoms with Gasteiger partial charge in [-0.05, 0) is 35.4 Å². The molecule has 4 heterocycles. The highest BCUT2D eigenvalue weighted by molar-refractivity contribution is 5.82. The lowest BCUT2D eigenvalue weighted by Crippen LogP contribution is -2.30. The third-order valence-corrected chi connectivity index (χ3v) is 4.12. The van der Waals surface area contributed by atoms with Crippen LogP contribution in [0, 0.1) is 0 Å². The summed E-state index contributed by atoms with van der Waals surface area (Å²) in [6, 6.07) is 5.69. The summed E-state index contributed by atoms with van der Waals surface area (Å²) in [5.41, 5.74) is 1.64. The van der Waals surface area contributed by atoms with E-state index in [2.05, 4.69) is 30.9 Å². The van der Waals surface area contributed by atoms with Crippen LogP contribution in [0.4, 0.5) is 0 Å². The molecule has 1 amide bonds. The van der Waals surface area contributed by atoms with E-state index in [-0.39, 0.29) is 11.8 Å². The van der Waals surface area contributed by atoms with Crippen molar-refractivity contribution in [2.45, 2.75) is 38.3 Å². The van der Waals surface area contributed by atoms with Crippen LogP contribution < -0.4 is 5.32 Å². The molecule has 9 heteroatoms. The second kappa shape index (κ2) is 5.75. The Hall–Kier alpha value is -2.84. The molecule has 3 aromatic heterocycles. The van der Waals surface area contributed by atoms with Gasteiger partial charge in [0.2, 0.25) is 5.91 Å². The lowest BCUT2D eigenvalue weighted by molar-refractivity contribution is -0.123. The van der Waals surface area contributed by atoms with Crippen molar-refractivity contribution in [3.63, 3.8) is 0 Å². The lowest BCUT2D eigenvalue weighted by atomic mass is 10.0. The first kappa shape index (κ1) is 13.8. The standard InChI is InChI=1S/C14H16N8O/c23-14(11-5-1-2-7-21-13(11)18-19-20-21)15-8-10-4-3-6-12-16-9-17-22(10)12/h3-4,6,9,11H,1-2,5,7-8H2,(H,15,23). The van der Waals surface area contributed by atoms with Gasteiger partial charge in [0.25, 0.3) is 0 Å². The molecule has 118 valence electrons. The van der Waals surface area contributed by atoms with Crippen LogP contribution in [0.15, 0.2) is 24.5 Å². The summed E-state index contributed by atoms with van der Waals surface area (Å²) in [4.78, 5) is 16.7. The number of aryl methyl sites for hydroxylation is 1. The summed E-state index contributed by atoms with van der Waals surface area (Å²) in [6.07, 6.45) is 4.22. The van der Waals surface area contributed by atoms with Crippen LogP contribution in [0.25, 0.3) is 5.65 Å². The molecule has 0 fully saturated rings. The molecule has 1 aliphatic heterocycles. The molecule has 0 spiro atoms. The average molecular weight is 312 g/mol. The Morgan fingerprint density at radius 1 is 1.35 bits per heavy atom. The molecule has 9 nitrogen and oxygen atoms in total. The Balaban J connectivity index is 1.51. The van der Waals surface area contributed by atoms with Gasteiger partial charge in [0.05, 0.1) is 18.2 Å². The quantitative estimate of drug-likeness (QED) is 0.746. The maximum Gasteiger partial charge on any atom is 0.231 e. The van der Waals surface area contributed by atoms with E-state index in [1.807, 2.05) is 18.2 Å². The third-order valence-electron chi connectivity index (χ3n) is 4.12. The fourth-order valence-electron chi connectivity index (χ4n) is 2.94. The van der Waals surface area contributed by atoms with Crippen LogP contribution in [0.1, 0.15) is 36.7 Å². The highest BCUT2D eigenvalue weighted by Crippen LogP contribution is 2.24. The van der Waals surface area contributed by atoms with Gasteiger partial charge in [-0.25, -0.2) is 14.2 Å². The number of pyridine rings is 1. The van der Waals surface area contributed by atoms with E-state index in [1.54, 1.807) is 9.20 Å². The summed E-state index contributed by atoms with van der Waals surface area (Å²) in [6.45, 7) is 1.15. The van der Waals surface area contributed by atoms with Gasteiger partial charge in [0.15, 0.2) is 11.5 Å². The van der Waals surface area contributed by atoms with Crippen molar-refractivity contribution < 1.29 is 4.79 Å². The topological polar surface area (TPSA) is 103 Å². The van der Waals surface area contributed by atoms with Crippen molar-refractivity contribution >= 4 is 11.6 Å². The van der Waals surface area contributed by atoms with E-state index in [1.165, 1.54) is 6.33 Å². The molecular formula is C14H16N8O. The fourth-order valence-corrected chi connectivity index (χ4v) is 2.94. The van der Waals surface area contributed by atoms with Crippen molar-refractivity contribution in [3.05, 3.63) is 36.0 Å². The van der Waals surface area contributed by atoms with E-state index in [0.29, 0.717) is 12.4 Å². The fraction of sp³-hybridized carbons (Fsp3) is 0.429. The number of carbonyl (C=O) groups is 1. The van der Waals surface area contributed by atoms with Crippen molar-refractivity contribution in [1.29, 1.82) is 0 Å². The Bertz CT molecular complexity index is 838. The van der Waals surface area contributed by atoms with Crippen molar-refractivity contribution in [3.8, 4) is 0 Å². The van der Waals surface area contributed by atoms with E-state index < -0.39 is 0 Å². The summed E-state index contributed by atoms with van der Waals surface area (Å²) in [7, 11) is 0. The summed E-state index contributed by atoms with van der Waals surface area (Å²) in [5.74, 6) is 0.293. The predicted molar refractivity (Wildman–Crippen MR) is 79.2 cm³/mol. The molecule has 3 aromatic rings. The van der Waals surface area contributed by atoms with E-state index >= 15 is 0 Å². The molecule has 23 heavy (non-hydrogen) atoms. The van der Waals surface area contributed by atoms with E-state index in [0.717, 1.165) is 37.1 Å². The van der Waals surface area contributed by atoms with Crippen LogP contribution in [0.2, 0.25) is 0 Å². The van der Waals surface area contributed by atoms with Gasteiger partial charge in [0.1, 0.15) is 6.33 Å². The Kier molecular flexibility index (Phi) is 3.45. The Labute approximate surface area is 131 Å². The average Bonchev–Trinajstić information content (AvgIpc) is 3.18. The molecule has 0 bridgehead atoms. The largest absolute Gasteiger partial charge is 0.350 e. The molecule has 1 unspecified atom stereocenters. The summed E-state index contributed by atoms with van der Waals surface area (Å²) in [5, 5.41) is 18.8. The first-order valence-electron chi connectivity index (χ1n) is 7.64. The zero-order chi connectivity index (χ0) is 15.6. The minimum absolute atomic E-state index is 0.0555. The number of tetrazole rings is 1. The molecule has 4 rings (SSSR count). The molecule has 0 aromatic carbocycles. The van der Waals surface area contributed by atoms with Gasteiger partial charge >= 0.3 is 0 Å². The predicted octanol–water partition coefficient (Wildman–Crippen LogP) is 0.300. The Morgan fingerprint density at radius 2 is 2.30 bits per heavy atom. The third kappa shape index (κ3) is 2.54. The van der Waals surface area contributed by atoms with Gasteiger partial charge in [-0.1, -0.05) is 12.5 Å². The van der Waals surface area contributed by atoms with Crippen molar-refractivity contribution in [2.75, 3.05) is 0 Å². The first-order chi connectivity index (χ1) is 11.3. The maximum atomic E-state index is 12.6. The van der Waals surface area contributed by atoms with Gasteiger partial charge in [-0.2, -0.15) is 5.10 Å². The molecule has 1 atom stereocenters.